The number of piperidine rings is 1. The standard InChI is InChI=1S/C24H34N2O3/c1-17(2)14-21(27)22(28)26-13-11-24(16-26)10-5-12-25(23(24)29)15-19-6-8-20(9-7-19)18(3)4/h6-9,17-18H,5,10-16H2,1-4H3/t24-/m1/s1. The van der Waals surface area contributed by atoms with Crippen LogP contribution in [-0.2, 0) is 20.9 Å². The van der Waals surface area contributed by atoms with Crippen LogP contribution in [0, 0.1) is 11.3 Å². The van der Waals surface area contributed by atoms with Crippen molar-refractivity contribution in [3.05, 3.63) is 35.4 Å². The van der Waals surface area contributed by atoms with Gasteiger partial charge >= 0.3 is 0 Å². The lowest BCUT2D eigenvalue weighted by Gasteiger charge is -2.39. The van der Waals surface area contributed by atoms with Gasteiger partial charge in [-0.25, -0.2) is 0 Å². The lowest BCUT2D eigenvalue weighted by Crippen LogP contribution is -2.50. The van der Waals surface area contributed by atoms with Crippen LogP contribution in [0.5, 0.6) is 0 Å². The molecule has 2 amide bonds. The number of hydrogen-bond donors (Lipinski definition) is 0. The highest BCUT2D eigenvalue weighted by atomic mass is 16.2. The van der Waals surface area contributed by atoms with E-state index in [1.807, 2.05) is 18.7 Å². The first-order valence-corrected chi connectivity index (χ1v) is 10.9. The SMILES string of the molecule is CC(C)CC(=O)C(=O)N1CC[C@]2(CCCN(Cc3ccc(C(C)C)cc3)C2=O)C1. The predicted molar refractivity (Wildman–Crippen MR) is 113 cm³/mol. The van der Waals surface area contributed by atoms with Crippen LogP contribution in [0.1, 0.15) is 70.4 Å². The summed E-state index contributed by atoms with van der Waals surface area (Å²) in [7, 11) is 0. The minimum atomic E-state index is -0.510. The third kappa shape index (κ3) is 4.71. The van der Waals surface area contributed by atoms with Crippen molar-refractivity contribution in [1.82, 2.24) is 9.80 Å². The average molecular weight is 399 g/mol. The molecule has 2 saturated heterocycles. The molecule has 0 aliphatic carbocycles. The van der Waals surface area contributed by atoms with Crippen molar-refractivity contribution in [3.63, 3.8) is 0 Å². The van der Waals surface area contributed by atoms with Crippen LogP contribution in [-0.4, -0.2) is 47.0 Å². The first-order chi connectivity index (χ1) is 13.7. The summed E-state index contributed by atoms with van der Waals surface area (Å²) in [6.45, 7) is 10.5. The van der Waals surface area contributed by atoms with Crippen LogP contribution in [0.4, 0.5) is 0 Å². The zero-order valence-electron chi connectivity index (χ0n) is 18.2. The quantitative estimate of drug-likeness (QED) is 0.686. The van der Waals surface area contributed by atoms with E-state index in [2.05, 4.69) is 38.1 Å². The molecule has 2 heterocycles. The molecule has 0 unspecified atom stereocenters. The maximum atomic E-state index is 13.3. The van der Waals surface area contributed by atoms with E-state index in [0.717, 1.165) is 24.9 Å². The van der Waals surface area contributed by atoms with E-state index in [9.17, 15) is 14.4 Å². The molecule has 0 N–H and O–H groups in total. The summed E-state index contributed by atoms with van der Waals surface area (Å²) in [6.07, 6.45) is 2.68. The summed E-state index contributed by atoms with van der Waals surface area (Å²) in [6, 6.07) is 8.50. The molecule has 0 saturated carbocycles. The lowest BCUT2D eigenvalue weighted by atomic mass is 9.78. The Hall–Kier alpha value is -2.17. The fraction of sp³-hybridized carbons (Fsp3) is 0.625. The Kier molecular flexibility index (Phi) is 6.45. The van der Waals surface area contributed by atoms with Gasteiger partial charge in [0, 0.05) is 32.6 Å². The number of carbonyl (C=O) groups excluding carboxylic acids is 3. The molecule has 2 aliphatic rings. The minimum Gasteiger partial charge on any atom is -0.338 e. The molecule has 3 rings (SSSR count). The molecular weight excluding hydrogens is 364 g/mol. The van der Waals surface area contributed by atoms with Gasteiger partial charge in [-0.15, -0.1) is 0 Å². The van der Waals surface area contributed by atoms with Crippen molar-refractivity contribution in [2.24, 2.45) is 11.3 Å². The number of ketones is 1. The molecule has 5 heteroatoms. The van der Waals surface area contributed by atoms with Crippen molar-refractivity contribution < 1.29 is 14.4 Å². The Balaban J connectivity index is 1.66. The van der Waals surface area contributed by atoms with Crippen LogP contribution >= 0.6 is 0 Å². The number of benzene rings is 1. The van der Waals surface area contributed by atoms with E-state index >= 15 is 0 Å². The summed E-state index contributed by atoms with van der Waals surface area (Å²) in [5, 5.41) is 0. The van der Waals surface area contributed by atoms with Gasteiger partial charge in [-0.3, -0.25) is 14.4 Å². The maximum absolute atomic E-state index is 13.3. The highest BCUT2D eigenvalue weighted by Crippen LogP contribution is 2.40. The van der Waals surface area contributed by atoms with Gasteiger partial charge in [0.25, 0.3) is 5.91 Å². The van der Waals surface area contributed by atoms with Crippen molar-refractivity contribution in [3.8, 4) is 0 Å². The largest absolute Gasteiger partial charge is 0.338 e. The third-order valence-electron chi connectivity index (χ3n) is 6.32. The van der Waals surface area contributed by atoms with E-state index < -0.39 is 11.3 Å². The van der Waals surface area contributed by atoms with Gasteiger partial charge in [0.1, 0.15) is 0 Å². The molecular formula is C24H34N2O3. The first-order valence-electron chi connectivity index (χ1n) is 10.9. The number of carbonyl (C=O) groups is 3. The van der Waals surface area contributed by atoms with Gasteiger partial charge in [0.05, 0.1) is 5.41 Å². The van der Waals surface area contributed by atoms with Crippen LogP contribution < -0.4 is 0 Å². The van der Waals surface area contributed by atoms with E-state index in [1.54, 1.807) is 4.90 Å². The van der Waals surface area contributed by atoms with Gasteiger partial charge in [0.2, 0.25) is 11.7 Å². The minimum absolute atomic E-state index is 0.142. The Bertz CT molecular complexity index is 769. The number of Topliss-reactive ketones (excluding diaryl/α,β-unsaturated/α-hetero) is 1. The maximum Gasteiger partial charge on any atom is 0.289 e. The fourth-order valence-electron chi connectivity index (χ4n) is 4.59. The van der Waals surface area contributed by atoms with Crippen molar-refractivity contribution in [2.45, 2.75) is 65.8 Å². The van der Waals surface area contributed by atoms with E-state index in [-0.39, 0.29) is 24.0 Å². The van der Waals surface area contributed by atoms with Crippen LogP contribution in [0.25, 0.3) is 0 Å². The van der Waals surface area contributed by atoms with Crippen LogP contribution in [0.15, 0.2) is 24.3 Å². The molecule has 5 nitrogen and oxygen atoms in total. The molecule has 2 aliphatic heterocycles. The normalized spacial score (nSPS) is 22.2. The topological polar surface area (TPSA) is 57.7 Å². The Morgan fingerprint density at radius 3 is 2.34 bits per heavy atom. The average Bonchev–Trinajstić information content (AvgIpc) is 3.10. The molecule has 1 atom stereocenters. The van der Waals surface area contributed by atoms with Crippen molar-refractivity contribution in [2.75, 3.05) is 19.6 Å². The van der Waals surface area contributed by atoms with Gasteiger partial charge in [-0.1, -0.05) is 52.0 Å². The lowest BCUT2D eigenvalue weighted by molar-refractivity contribution is -0.149. The third-order valence-corrected chi connectivity index (χ3v) is 6.32. The Morgan fingerprint density at radius 1 is 1.03 bits per heavy atom. The fourth-order valence-corrected chi connectivity index (χ4v) is 4.59. The monoisotopic (exact) mass is 398 g/mol. The summed E-state index contributed by atoms with van der Waals surface area (Å²) in [5.41, 5.74) is 1.92. The molecule has 1 aromatic carbocycles. The number of rotatable bonds is 6. The summed E-state index contributed by atoms with van der Waals surface area (Å²) >= 11 is 0. The smallest absolute Gasteiger partial charge is 0.289 e. The Labute approximate surface area is 174 Å². The second-order valence-corrected chi connectivity index (χ2v) is 9.50. The van der Waals surface area contributed by atoms with Crippen LogP contribution in [0.2, 0.25) is 0 Å². The molecule has 1 aromatic rings. The van der Waals surface area contributed by atoms with Crippen molar-refractivity contribution >= 4 is 17.6 Å². The molecule has 0 bridgehead atoms. The second-order valence-electron chi connectivity index (χ2n) is 9.50. The molecule has 0 aromatic heterocycles. The number of amides is 2. The first kappa shape index (κ1) is 21.5. The van der Waals surface area contributed by atoms with Gasteiger partial charge in [-0.05, 0) is 42.2 Å². The molecule has 1 spiro atoms. The molecule has 2 fully saturated rings. The Morgan fingerprint density at radius 2 is 1.72 bits per heavy atom. The summed E-state index contributed by atoms with van der Waals surface area (Å²) in [5.74, 6) is 0.0525. The van der Waals surface area contributed by atoms with Crippen LogP contribution in [0.3, 0.4) is 0 Å². The van der Waals surface area contributed by atoms with E-state index in [0.29, 0.717) is 32.0 Å². The highest BCUT2D eigenvalue weighted by Gasteiger charge is 2.49. The van der Waals surface area contributed by atoms with Gasteiger partial charge in [-0.2, -0.15) is 0 Å². The van der Waals surface area contributed by atoms with Gasteiger partial charge < -0.3 is 9.80 Å². The molecule has 0 radical (unpaired) electrons. The summed E-state index contributed by atoms with van der Waals surface area (Å²) < 4.78 is 0. The summed E-state index contributed by atoms with van der Waals surface area (Å²) in [4.78, 5) is 41.6. The second kappa shape index (κ2) is 8.68. The van der Waals surface area contributed by atoms with E-state index in [4.69, 9.17) is 0 Å². The number of nitrogens with zero attached hydrogens (tertiary/aromatic N) is 2. The highest BCUT2D eigenvalue weighted by molar-refractivity contribution is 6.36. The molecule has 158 valence electrons. The zero-order valence-corrected chi connectivity index (χ0v) is 18.2. The number of likely N-dealkylation sites (tertiary alicyclic amines) is 2. The molecule has 29 heavy (non-hydrogen) atoms. The zero-order chi connectivity index (χ0) is 21.2. The predicted octanol–water partition coefficient (Wildman–Crippen LogP) is 3.77. The van der Waals surface area contributed by atoms with Crippen molar-refractivity contribution in [1.29, 1.82) is 0 Å². The van der Waals surface area contributed by atoms with Gasteiger partial charge in [0.15, 0.2) is 0 Å². The van der Waals surface area contributed by atoms with E-state index in [1.165, 1.54) is 5.56 Å². The number of hydrogen-bond acceptors (Lipinski definition) is 3.